The highest BCUT2D eigenvalue weighted by Gasteiger charge is 2.24. The molecule has 0 aliphatic heterocycles. The van der Waals surface area contributed by atoms with Crippen molar-refractivity contribution in [2.45, 2.75) is 18.9 Å². The number of amides is 2. The van der Waals surface area contributed by atoms with Crippen LogP contribution in [-0.2, 0) is 0 Å². The van der Waals surface area contributed by atoms with Crippen LogP contribution in [0.2, 0.25) is 0 Å². The number of halogens is 1. The first-order valence-corrected chi connectivity index (χ1v) is 6.96. The molecule has 1 saturated carbocycles. The highest BCUT2D eigenvalue weighted by atomic mass is 19.1. The minimum atomic E-state index is -0.451. The van der Waals surface area contributed by atoms with E-state index in [1.54, 1.807) is 12.1 Å². The SMILES string of the molecule is O=C(Nc1ccc(F)cc1)c1cccc(C(=O)NC2CC2)n1. The van der Waals surface area contributed by atoms with Gasteiger partial charge in [0.15, 0.2) is 0 Å². The number of nitrogens with zero attached hydrogens (tertiary/aromatic N) is 1. The molecule has 1 aliphatic carbocycles. The number of aromatic nitrogens is 1. The molecule has 0 bridgehead atoms. The Hall–Kier alpha value is -2.76. The van der Waals surface area contributed by atoms with Crippen molar-refractivity contribution >= 4 is 17.5 Å². The maximum absolute atomic E-state index is 12.8. The fourth-order valence-electron chi connectivity index (χ4n) is 1.90. The number of pyridine rings is 1. The molecule has 3 rings (SSSR count). The Kier molecular flexibility index (Phi) is 3.82. The Morgan fingerprint density at radius 3 is 2.27 bits per heavy atom. The Balaban J connectivity index is 1.71. The quantitative estimate of drug-likeness (QED) is 0.910. The van der Waals surface area contributed by atoms with Crippen LogP contribution in [-0.4, -0.2) is 22.8 Å². The normalized spacial score (nSPS) is 13.5. The molecule has 2 N–H and O–H groups in total. The van der Waals surface area contributed by atoms with E-state index < -0.39 is 5.91 Å². The second-order valence-electron chi connectivity index (χ2n) is 5.12. The van der Waals surface area contributed by atoms with Crippen LogP contribution in [0.3, 0.4) is 0 Å². The van der Waals surface area contributed by atoms with E-state index in [1.807, 2.05) is 0 Å². The summed E-state index contributed by atoms with van der Waals surface area (Å²) in [4.78, 5) is 28.1. The third-order valence-electron chi connectivity index (χ3n) is 3.23. The summed E-state index contributed by atoms with van der Waals surface area (Å²) < 4.78 is 12.8. The van der Waals surface area contributed by atoms with Crippen LogP contribution in [0.1, 0.15) is 33.8 Å². The maximum atomic E-state index is 12.8. The molecule has 1 heterocycles. The second-order valence-corrected chi connectivity index (χ2v) is 5.12. The first-order chi connectivity index (χ1) is 10.6. The first-order valence-electron chi connectivity index (χ1n) is 6.96. The van der Waals surface area contributed by atoms with Gasteiger partial charge in [0.25, 0.3) is 11.8 Å². The van der Waals surface area contributed by atoms with Crippen LogP contribution in [0, 0.1) is 5.82 Å². The third-order valence-corrected chi connectivity index (χ3v) is 3.23. The van der Waals surface area contributed by atoms with Gasteiger partial charge in [0.1, 0.15) is 17.2 Å². The average Bonchev–Trinajstić information content (AvgIpc) is 3.33. The zero-order valence-corrected chi connectivity index (χ0v) is 11.7. The molecule has 0 spiro atoms. The van der Waals surface area contributed by atoms with Gasteiger partial charge in [-0.25, -0.2) is 9.37 Å². The van der Waals surface area contributed by atoms with Crippen molar-refractivity contribution in [2.24, 2.45) is 0 Å². The van der Waals surface area contributed by atoms with Crippen LogP contribution in [0.15, 0.2) is 42.5 Å². The molecule has 2 aromatic rings. The fraction of sp³-hybridized carbons (Fsp3) is 0.188. The largest absolute Gasteiger partial charge is 0.348 e. The summed E-state index contributed by atoms with van der Waals surface area (Å²) >= 11 is 0. The summed E-state index contributed by atoms with van der Waals surface area (Å²) in [7, 11) is 0. The molecule has 0 radical (unpaired) electrons. The monoisotopic (exact) mass is 299 g/mol. The maximum Gasteiger partial charge on any atom is 0.274 e. The Bertz CT molecular complexity index is 712. The molecular formula is C16H14FN3O2. The lowest BCUT2D eigenvalue weighted by atomic mass is 10.2. The Morgan fingerprint density at radius 1 is 1.00 bits per heavy atom. The van der Waals surface area contributed by atoms with Crippen LogP contribution in [0.25, 0.3) is 0 Å². The minimum Gasteiger partial charge on any atom is -0.348 e. The van der Waals surface area contributed by atoms with Crippen LogP contribution < -0.4 is 10.6 Å². The smallest absolute Gasteiger partial charge is 0.274 e. The van der Waals surface area contributed by atoms with Gasteiger partial charge in [-0.15, -0.1) is 0 Å². The van der Waals surface area contributed by atoms with Gasteiger partial charge in [0, 0.05) is 11.7 Å². The van der Waals surface area contributed by atoms with Crippen molar-refractivity contribution in [1.29, 1.82) is 0 Å². The number of rotatable bonds is 4. The predicted molar refractivity (Wildman–Crippen MR) is 79.1 cm³/mol. The molecule has 1 aromatic carbocycles. The van der Waals surface area contributed by atoms with Gasteiger partial charge >= 0.3 is 0 Å². The van der Waals surface area contributed by atoms with Crippen molar-refractivity contribution in [1.82, 2.24) is 10.3 Å². The molecular weight excluding hydrogens is 285 g/mol. The molecule has 5 nitrogen and oxygen atoms in total. The molecule has 6 heteroatoms. The van der Waals surface area contributed by atoms with Crippen LogP contribution in [0.4, 0.5) is 10.1 Å². The van der Waals surface area contributed by atoms with Crippen molar-refractivity contribution < 1.29 is 14.0 Å². The molecule has 1 fully saturated rings. The minimum absolute atomic E-state index is 0.132. The lowest BCUT2D eigenvalue weighted by molar-refractivity contribution is 0.0946. The molecule has 1 aliphatic rings. The second kappa shape index (κ2) is 5.93. The van der Waals surface area contributed by atoms with Gasteiger partial charge in [0.2, 0.25) is 0 Å². The zero-order chi connectivity index (χ0) is 15.5. The molecule has 2 amide bonds. The summed E-state index contributed by atoms with van der Waals surface area (Å²) in [6.07, 6.45) is 1.97. The molecule has 0 unspecified atom stereocenters. The van der Waals surface area contributed by atoms with Crippen LogP contribution >= 0.6 is 0 Å². The standard InChI is InChI=1S/C16H14FN3O2/c17-10-4-6-11(7-5-10)18-15(21)13-2-1-3-14(20-13)16(22)19-12-8-9-12/h1-7,12H,8-9H2,(H,18,21)(H,19,22). The van der Waals surface area contributed by atoms with Crippen molar-refractivity contribution in [3.05, 3.63) is 59.7 Å². The Morgan fingerprint density at radius 2 is 1.64 bits per heavy atom. The number of anilines is 1. The lowest BCUT2D eigenvalue weighted by Gasteiger charge is -2.06. The van der Waals surface area contributed by atoms with Crippen molar-refractivity contribution in [2.75, 3.05) is 5.32 Å². The van der Waals surface area contributed by atoms with Gasteiger partial charge < -0.3 is 10.6 Å². The fourth-order valence-corrected chi connectivity index (χ4v) is 1.90. The predicted octanol–water partition coefficient (Wildman–Crippen LogP) is 2.37. The van der Waals surface area contributed by atoms with Gasteiger partial charge in [0.05, 0.1) is 0 Å². The number of carbonyl (C=O) groups excluding carboxylic acids is 2. The van der Waals surface area contributed by atoms with E-state index in [9.17, 15) is 14.0 Å². The van der Waals surface area contributed by atoms with Gasteiger partial charge in [-0.2, -0.15) is 0 Å². The molecule has 0 atom stereocenters. The van der Waals surface area contributed by atoms with Crippen LogP contribution in [0.5, 0.6) is 0 Å². The zero-order valence-electron chi connectivity index (χ0n) is 11.7. The summed E-state index contributed by atoms with van der Waals surface area (Å²) in [5.41, 5.74) is 0.799. The van der Waals surface area contributed by atoms with E-state index in [4.69, 9.17) is 0 Å². The first kappa shape index (κ1) is 14.2. The van der Waals surface area contributed by atoms with Crippen molar-refractivity contribution in [3.8, 4) is 0 Å². The highest BCUT2D eigenvalue weighted by molar-refractivity contribution is 6.03. The molecule has 22 heavy (non-hydrogen) atoms. The number of carbonyl (C=O) groups is 2. The summed E-state index contributed by atoms with van der Waals surface area (Å²) in [5, 5.41) is 5.42. The number of hydrogen-bond donors (Lipinski definition) is 2. The molecule has 1 aromatic heterocycles. The van der Waals surface area contributed by atoms with Gasteiger partial charge in [-0.05, 0) is 49.2 Å². The van der Waals surface area contributed by atoms with E-state index in [0.717, 1.165) is 12.8 Å². The summed E-state index contributed by atoms with van der Waals surface area (Å²) in [5.74, 6) is -1.11. The van der Waals surface area contributed by atoms with E-state index in [0.29, 0.717) is 5.69 Å². The molecule has 112 valence electrons. The summed E-state index contributed by atoms with van der Waals surface area (Å²) in [6, 6.07) is 10.3. The van der Waals surface area contributed by atoms with E-state index in [2.05, 4.69) is 15.6 Å². The summed E-state index contributed by atoms with van der Waals surface area (Å²) in [6.45, 7) is 0. The average molecular weight is 299 g/mol. The number of hydrogen-bond acceptors (Lipinski definition) is 3. The number of benzene rings is 1. The van der Waals surface area contributed by atoms with Gasteiger partial charge in [-0.1, -0.05) is 6.07 Å². The van der Waals surface area contributed by atoms with E-state index in [-0.39, 0.29) is 29.2 Å². The topological polar surface area (TPSA) is 71.1 Å². The van der Waals surface area contributed by atoms with Gasteiger partial charge in [-0.3, -0.25) is 9.59 Å². The third kappa shape index (κ3) is 3.46. The van der Waals surface area contributed by atoms with E-state index in [1.165, 1.54) is 30.3 Å². The Labute approximate surface area is 126 Å². The highest BCUT2D eigenvalue weighted by Crippen LogP contribution is 2.19. The number of nitrogens with one attached hydrogen (secondary N) is 2. The molecule has 0 saturated heterocycles. The van der Waals surface area contributed by atoms with E-state index >= 15 is 0 Å². The van der Waals surface area contributed by atoms with Crippen molar-refractivity contribution in [3.63, 3.8) is 0 Å². The lowest BCUT2D eigenvalue weighted by Crippen LogP contribution is -2.27.